The quantitative estimate of drug-likeness (QED) is 0.910. The Kier molecular flexibility index (Phi) is 4.46. The molecule has 1 N–H and O–H groups in total. The summed E-state index contributed by atoms with van der Waals surface area (Å²) in [5, 5.41) is 9.36. The number of hydrogen-bond acceptors (Lipinski definition) is 4. The van der Waals surface area contributed by atoms with Crippen molar-refractivity contribution in [3.05, 3.63) is 28.8 Å². The highest BCUT2D eigenvalue weighted by atomic mass is 35.5. The van der Waals surface area contributed by atoms with Gasteiger partial charge in [-0.15, -0.1) is 0 Å². The molecule has 1 fully saturated rings. The van der Waals surface area contributed by atoms with E-state index in [2.05, 4.69) is 0 Å². The molecule has 0 spiro atoms. The molecule has 7 heteroatoms. The number of carbonyl (C=O) groups excluding carboxylic acids is 1. The first-order valence-electron chi connectivity index (χ1n) is 6.00. The number of aliphatic carboxylic acids is 1. The fourth-order valence-electron chi connectivity index (χ4n) is 2.00. The number of rotatable bonds is 3. The molecule has 0 bridgehead atoms. The average Bonchev–Trinajstić information content (AvgIpc) is 2.46. The van der Waals surface area contributed by atoms with Gasteiger partial charge in [-0.05, 0) is 18.2 Å². The van der Waals surface area contributed by atoms with E-state index in [0.29, 0.717) is 22.9 Å². The minimum atomic E-state index is -1.08. The Morgan fingerprint density at radius 1 is 1.50 bits per heavy atom. The summed E-state index contributed by atoms with van der Waals surface area (Å²) < 4.78 is 10.2. The molecule has 1 atom stereocenters. The van der Waals surface area contributed by atoms with Crippen molar-refractivity contribution in [3.63, 3.8) is 0 Å². The summed E-state index contributed by atoms with van der Waals surface area (Å²) in [5.41, 5.74) is 0.311. The highest BCUT2D eigenvalue weighted by Gasteiger charge is 2.30. The molecular formula is C13H14ClNO5. The van der Waals surface area contributed by atoms with Crippen molar-refractivity contribution in [2.24, 2.45) is 0 Å². The van der Waals surface area contributed by atoms with Crippen LogP contribution in [0.2, 0.25) is 5.02 Å². The Hall–Kier alpha value is -1.79. The maximum absolute atomic E-state index is 12.4. The number of ether oxygens (including phenoxy) is 2. The van der Waals surface area contributed by atoms with Crippen LogP contribution in [0.5, 0.6) is 5.75 Å². The first kappa shape index (κ1) is 14.6. The van der Waals surface area contributed by atoms with E-state index in [1.165, 1.54) is 18.1 Å². The van der Waals surface area contributed by atoms with Gasteiger partial charge in [-0.3, -0.25) is 4.79 Å². The molecule has 1 aromatic rings. The van der Waals surface area contributed by atoms with E-state index in [1.54, 1.807) is 12.1 Å². The van der Waals surface area contributed by atoms with Crippen LogP contribution >= 0.6 is 11.6 Å². The monoisotopic (exact) mass is 299 g/mol. The lowest BCUT2D eigenvalue weighted by atomic mass is 10.1. The lowest BCUT2D eigenvalue weighted by Gasteiger charge is -2.31. The van der Waals surface area contributed by atoms with Crippen LogP contribution in [0.25, 0.3) is 0 Å². The zero-order valence-electron chi connectivity index (χ0n) is 10.8. The molecule has 20 heavy (non-hydrogen) atoms. The number of hydrogen-bond donors (Lipinski definition) is 1. The maximum Gasteiger partial charge on any atom is 0.334 e. The smallest absolute Gasteiger partial charge is 0.334 e. The second-order valence-corrected chi connectivity index (χ2v) is 4.73. The second-order valence-electron chi connectivity index (χ2n) is 4.29. The van der Waals surface area contributed by atoms with E-state index in [-0.39, 0.29) is 19.1 Å². The molecule has 1 aliphatic heterocycles. The van der Waals surface area contributed by atoms with E-state index < -0.39 is 12.1 Å². The standard InChI is InChI=1S/C13H14ClNO5/c1-19-10-3-2-8(14)6-9(10)12(16)15-4-5-20-11(7-15)13(17)18/h2-3,6,11H,4-5,7H2,1H3,(H,17,18)/t11-/m1/s1. The van der Waals surface area contributed by atoms with Gasteiger partial charge >= 0.3 is 5.97 Å². The summed E-state index contributed by atoms with van der Waals surface area (Å²) in [5.74, 6) is -1.00. The van der Waals surface area contributed by atoms with Crippen LogP contribution in [0.1, 0.15) is 10.4 Å². The van der Waals surface area contributed by atoms with Gasteiger partial charge in [-0.25, -0.2) is 4.79 Å². The normalized spacial score (nSPS) is 18.7. The van der Waals surface area contributed by atoms with E-state index in [4.69, 9.17) is 26.2 Å². The molecule has 0 aliphatic carbocycles. The van der Waals surface area contributed by atoms with E-state index in [1.807, 2.05) is 0 Å². The number of carbonyl (C=O) groups is 2. The highest BCUT2D eigenvalue weighted by molar-refractivity contribution is 6.31. The predicted molar refractivity (Wildman–Crippen MR) is 71.3 cm³/mol. The largest absolute Gasteiger partial charge is 0.496 e. The number of nitrogens with zero attached hydrogens (tertiary/aromatic N) is 1. The topological polar surface area (TPSA) is 76.1 Å². The number of morpholine rings is 1. The Labute approximate surface area is 120 Å². The summed E-state index contributed by atoms with van der Waals surface area (Å²) in [4.78, 5) is 24.8. The summed E-state index contributed by atoms with van der Waals surface area (Å²) in [6.07, 6.45) is -1.00. The molecule has 0 unspecified atom stereocenters. The number of methoxy groups -OCH3 is 1. The molecule has 0 aromatic heterocycles. The molecule has 0 saturated carbocycles. The zero-order chi connectivity index (χ0) is 14.7. The van der Waals surface area contributed by atoms with E-state index in [0.717, 1.165) is 0 Å². The molecule has 1 aromatic carbocycles. The molecule has 1 aliphatic rings. The van der Waals surface area contributed by atoms with Crippen molar-refractivity contribution in [2.75, 3.05) is 26.8 Å². The van der Waals surface area contributed by atoms with Gasteiger partial charge < -0.3 is 19.5 Å². The number of carboxylic acid groups (broad SMARTS) is 1. The van der Waals surface area contributed by atoms with Crippen LogP contribution in [0.15, 0.2) is 18.2 Å². The first-order valence-corrected chi connectivity index (χ1v) is 6.38. The van der Waals surface area contributed by atoms with Gasteiger partial charge in [0.1, 0.15) is 5.75 Å². The van der Waals surface area contributed by atoms with Gasteiger partial charge in [-0.2, -0.15) is 0 Å². The molecule has 2 rings (SSSR count). The number of carboxylic acids is 1. The number of benzene rings is 1. The van der Waals surface area contributed by atoms with Crippen molar-refractivity contribution in [1.29, 1.82) is 0 Å². The van der Waals surface area contributed by atoms with Gasteiger partial charge in [0.05, 0.1) is 25.8 Å². The van der Waals surface area contributed by atoms with Crippen molar-refractivity contribution < 1.29 is 24.2 Å². The molecule has 1 saturated heterocycles. The van der Waals surface area contributed by atoms with Crippen molar-refractivity contribution in [2.45, 2.75) is 6.10 Å². The molecule has 108 valence electrons. The van der Waals surface area contributed by atoms with Crippen LogP contribution in [-0.2, 0) is 9.53 Å². The van der Waals surface area contributed by atoms with Gasteiger partial charge in [0.2, 0.25) is 0 Å². The van der Waals surface area contributed by atoms with E-state index >= 15 is 0 Å². The Bertz CT molecular complexity index is 533. The van der Waals surface area contributed by atoms with Crippen LogP contribution in [-0.4, -0.2) is 54.8 Å². The van der Waals surface area contributed by atoms with Crippen molar-refractivity contribution in [1.82, 2.24) is 4.90 Å². The predicted octanol–water partition coefficient (Wildman–Crippen LogP) is 1.27. The van der Waals surface area contributed by atoms with Gasteiger partial charge in [-0.1, -0.05) is 11.6 Å². The third-order valence-corrected chi connectivity index (χ3v) is 3.26. The Morgan fingerprint density at radius 2 is 2.25 bits per heavy atom. The van der Waals surface area contributed by atoms with Crippen LogP contribution < -0.4 is 4.74 Å². The highest BCUT2D eigenvalue weighted by Crippen LogP contribution is 2.24. The Balaban J connectivity index is 2.22. The van der Waals surface area contributed by atoms with Crippen molar-refractivity contribution in [3.8, 4) is 5.75 Å². The number of halogens is 1. The van der Waals surface area contributed by atoms with E-state index in [9.17, 15) is 9.59 Å². The van der Waals surface area contributed by atoms with Crippen molar-refractivity contribution >= 4 is 23.5 Å². The molecule has 1 heterocycles. The third-order valence-electron chi connectivity index (χ3n) is 3.02. The third kappa shape index (κ3) is 3.02. The fraction of sp³-hybridized carbons (Fsp3) is 0.385. The molecule has 6 nitrogen and oxygen atoms in total. The minimum Gasteiger partial charge on any atom is -0.496 e. The molecular weight excluding hydrogens is 286 g/mol. The molecule has 1 amide bonds. The zero-order valence-corrected chi connectivity index (χ0v) is 11.6. The van der Waals surface area contributed by atoms with Crippen LogP contribution in [0, 0.1) is 0 Å². The van der Waals surface area contributed by atoms with Crippen LogP contribution in [0.3, 0.4) is 0 Å². The lowest BCUT2D eigenvalue weighted by molar-refractivity contribution is -0.154. The summed E-state index contributed by atoms with van der Waals surface area (Å²) >= 11 is 5.89. The van der Waals surface area contributed by atoms with Gasteiger partial charge in [0.15, 0.2) is 6.10 Å². The van der Waals surface area contributed by atoms with Crippen LogP contribution in [0.4, 0.5) is 0 Å². The second kappa shape index (κ2) is 6.11. The first-order chi connectivity index (χ1) is 9.52. The SMILES string of the molecule is COc1ccc(Cl)cc1C(=O)N1CCO[C@@H](C(=O)O)C1. The fourth-order valence-corrected chi connectivity index (χ4v) is 2.17. The average molecular weight is 300 g/mol. The summed E-state index contributed by atoms with van der Waals surface area (Å²) in [7, 11) is 1.46. The number of amides is 1. The summed E-state index contributed by atoms with van der Waals surface area (Å²) in [6.45, 7) is 0.522. The molecule has 0 radical (unpaired) electrons. The van der Waals surface area contributed by atoms with Gasteiger partial charge in [0, 0.05) is 11.6 Å². The maximum atomic E-state index is 12.4. The lowest BCUT2D eigenvalue weighted by Crippen LogP contribution is -2.48. The minimum absolute atomic E-state index is 0.00380. The Morgan fingerprint density at radius 3 is 2.90 bits per heavy atom. The van der Waals surface area contributed by atoms with Gasteiger partial charge in [0.25, 0.3) is 5.91 Å². The summed E-state index contributed by atoms with van der Waals surface area (Å²) in [6, 6.07) is 4.73.